The molecule has 0 fully saturated rings. The van der Waals surface area contributed by atoms with Crippen LogP contribution in [0.4, 0.5) is 0 Å². The maximum atomic E-state index is 9.88. The lowest BCUT2D eigenvalue weighted by Crippen LogP contribution is -2.14. The Morgan fingerprint density at radius 3 is 2.50 bits per heavy atom. The van der Waals surface area contributed by atoms with Crippen LogP contribution in [0, 0.1) is 0 Å². The summed E-state index contributed by atoms with van der Waals surface area (Å²) in [7, 11) is 0. The van der Waals surface area contributed by atoms with Crippen molar-refractivity contribution in [3.8, 4) is 0 Å². The van der Waals surface area contributed by atoms with Gasteiger partial charge in [0.2, 0.25) is 6.41 Å². The summed E-state index contributed by atoms with van der Waals surface area (Å²) in [5.74, 6) is 0. The number of carbonyl (C=O) groups is 1. The quantitative estimate of drug-likeness (QED) is 0.533. The molecule has 0 aliphatic heterocycles. The fourth-order valence-electron chi connectivity index (χ4n) is 0.920. The highest BCUT2D eigenvalue weighted by molar-refractivity contribution is 5.45. The summed E-state index contributed by atoms with van der Waals surface area (Å²) in [5, 5.41) is 2.62. The van der Waals surface area contributed by atoms with Crippen LogP contribution in [-0.4, -0.2) is 13.0 Å². The van der Waals surface area contributed by atoms with Crippen LogP contribution in [0.15, 0.2) is 30.3 Å². The first-order chi connectivity index (χ1) is 5.43. The highest BCUT2D eigenvalue weighted by Crippen LogP contribution is 1.97. The van der Waals surface area contributed by atoms with Gasteiger partial charge in [0.05, 0.1) is 0 Å². The zero-order chi connectivity index (χ0) is 7.94. The Labute approximate surface area is 73.6 Å². The number of carbonyl (C=O) groups excluding carboxylic acids is 1. The van der Waals surface area contributed by atoms with Crippen molar-refractivity contribution in [2.24, 2.45) is 0 Å². The topological polar surface area (TPSA) is 29.1 Å². The highest BCUT2D eigenvalue weighted by Gasteiger charge is 1.88. The minimum absolute atomic E-state index is 0. The van der Waals surface area contributed by atoms with E-state index in [4.69, 9.17) is 0 Å². The molecule has 0 atom stereocenters. The van der Waals surface area contributed by atoms with E-state index in [0.717, 1.165) is 12.8 Å². The summed E-state index contributed by atoms with van der Waals surface area (Å²) < 4.78 is 0. The number of benzene rings is 1. The number of amides is 1. The van der Waals surface area contributed by atoms with Gasteiger partial charge in [-0.25, -0.2) is 0 Å². The summed E-state index contributed by atoms with van der Waals surface area (Å²) in [6.45, 7) is 0.716. The van der Waals surface area contributed by atoms with E-state index in [0.29, 0.717) is 6.54 Å². The molecule has 1 rings (SSSR count). The minimum atomic E-state index is 0. The zero-order valence-electron chi connectivity index (χ0n) is 6.29. The molecule has 0 unspecified atom stereocenters. The highest BCUT2D eigenvalue weighted by atomic mass is 16.1. The molecule has 12 heavy (non-hydrogen) atoms. The first-order valence-corrected chi connectivity index (χ1v) is 3.64. The zero-order valence-corrected chi connectivity index (χ0v) is 6.29. The van der Waals surface area contributed by atoms with E-state index in [1.165, 1.54) is 5.56 Å². The van der Waals surface area contributed by atoms with E-state index in [-0.39, 0.29) is 7.43 Å². The predicted molar refractivity (Wildman–Crippen MR) is 50.9 cm³/mol. The molecule has 0 saturated carbocycles. The van der Waals surface area contributed by atoms with E-state index in [2.05, 4.69) is 5.32 Å². The van der Waals surface area contributed by atoms with Gasteiger partial charge in [0.15, 0.2) is 0 Å². The van der Waals surface area contributed by atoms with Crippen molar-refractivity contribution in [2.75, 3.05) is 6.54 Å². The van der Waals surface area contributed by atoms with Crippen molar-refractivity contribution in [1.82, 2.24) is 5.32 Å². The van der Waals surface area contributed by atoms with Crippen LogP contribution < -0.4 is 5.32 Å². The Morgan fingerprint density at radius 1 is 1.25 bits per heavy atom. The summed E-state index contributed by atoms with van der Waals surface area (Å²) in [5.41, 5.74) is 1.25. The lowest BCUT2D eigenvalue weighted by Gasteiger charge is -1.98. The van der Waals surface area contributed by atoms with E-state index in [9.17, 15) is 4.79 Å². The van der Waals surface area contributed by atoms with Crippen molar-refractivity contribution in [3.05, 3.63) is 35.9 Å². The number of nitrogens with one attached hydrogen (secondary N) is 1. The van der Waals surface area contributed by atoms with Crippen molar-refractivity contribution in [3.63, 3.8) is 0 Å². The van der Waals surface area contributed by atoms with Crippen LogP contribution in [0.25, 0.3) is 0 Å². The van der Waals surface area contributed by atoms with Gasteiger partial charge in [-0.1, -0.05) is 37.8 Å². The lowest BCUT2D eigenvalue weighted by molar-refractivity contribution is -0.109. The fourth-order valence-corrected chi connectivity index (χ4v) is 0.920. The average Bonchev–Trinajstić information content (AvgIpc) is 2.07. The molecule has 0 spiro atoms. The minimum Gasteiger partial charge on any atom is -0.358 e. The second-order valence-electron chi connectivity index (χ2n) is 2.31. The Balaban J connectivity index is 0.00000121. The SMILES string of the molecule is C.O=CNCCc1ccccc1. The largest absolute Gasteiger partial charge is 0.358 e. The molecule has 0 saturated heterocycles. The van der Waals surface area contributed by atoms with Crippen molar-refractivity contribution < 1.29 is 4.79 Å². The normalized spacial score (nSPS) is 8.33. The Morgan fingerprint density at radius 2 is 1.92 bits per heavy atom. The Bertz CT molecular complexity index is 208. The molecule has 0 aliphatic carbocycles. The first kappa shape index (κ1) is 10.7. The smallest absolute Gasteiger partial charge is 0.207 e. The number of hydrogen-bond acceptors (Lipinski definition) is 1. The molecule has 0 aromatic heterocycles. The monoisotopic (exact) mass is 165 g/mol. The molecule has 0 radical (unpaired) electrons. The Kier molecular flexibility index (Phi) is 5.70. The van der Waals surface area contributed by atoms with E-state index in [1.807, 2.05) is 30.3 Å². The molecule has 2 nitrogen and oxygen atoms in total. The third kappa shape index (κ3) is 3.76. The first-order valence-electron chi connectivity index (χ1n) is 3.64. The predicted octanol–water partition coefficient (Wildman–Crippen LogP) is 1.61. The van der Waals surface area contributed by atoms with Gasteiger partial charge in [-0.15, -0.1) is 0 Å². The number of hydrogen-bond donors (Lipinski definition) is 1. The molecule has 0 bridgehead atoms. The second kappa shape index (κ2) is 6.40. The molecule has 1 aromatic carbocycles. The van der Waals surface area contributed by atoms with Gasteiger partial charge in [-0.2, -0.15) is 0 Å². The molecular formula is C10H15NO. The van der Waals surface area contributed by atoms with Gasteiger partial charge in [0.25, 0.3) is 0 Å². The molecular weight excluding hydrogens is 150 g/mol. The van der Waals surface area contributed by atoms with E-state index in [1.54, 1.807) is 0 Å². The lowest BCUT2D eigenvalue weighted by atomic mass is 10.2. The van der Waals surface area contributed by atoms with Gasteiger partial charge in [-0.3, -0.25) is 4.79 Å². The van der Waals surface area contributed by atoms with Gasteiger partial charge in [-0.05, 0) is 12.0 Å². The molecule has 1 aromatic rings. The van der Waals surface area contributed by atoms with Crippen LogP contribution in [0.1, 0.15) is 13.0 Å². The maximum absolute atomic E-state index is 9.88. The molecule has 0 aliphatic rings. The molecule has 66 valence electrons. The van der Waals surface area contributed by atoms with E-state index >= 15 is 0 Å². The third-order valence-electron chi connectivity index (χ3n) is 1.48. The average molecular weight is 165 g/mol. The number of rotatable bonds is 4. The molecule has 0 heterocycles. The summed E-state index contributed by atoms with van der Waals surface area (Å²) in [6, 6.07) is 10.1. The summed E-state index contributed by atoms with van der Waals surface area (Å²) >= 11 is 0. The van der Waals surface area contributed by atoms with Gasteiger partial charge >= 0.3 is 0 Å². The molecule has 2 heteroatoms. The standard InChI is InChI=1S/C9H11NO.CH4/c11-8-10-7-6-9-4-2-1-3-5-9;/h1-5,8H,6-7H2,(H,10,11);1H4. The van der Waals surface area contributed by atoms with Gasteiger partial charge in [0.1, 0.15) is 0 Å². The van der Waals surface area contributed by atoms with Gasteiger partial charge in [0, 0.05) is 6.54 Å². The molecule has 1 N–H and O–H groups in total. The van der Waals surface area contributed by atoms with Crippen LogP contribution >= 0.6 is 0 Å². The van der Waals surface area contributed by atoms with Crippen molar-refractivity contribution in [2.45, 2.75) is 13.8 Å². The van der Waals surface area contributed by atoms with Crippen molar-refractivity contribution >= 4 is 6.41 Å². The maximum Gasteiger partial charge on any atom is 0.207 e. The second-order valence-corrected chi connectivity index (χ2v) is 2.31. The van der Waals surface area contributed by atoms with Crippen LogP contribution in [0.5, 0.6) is 0 Å². The molecule has 1 amide bonds. The van der Waals surface area contributed by atoms with Gasteiger partial charge < -0.3 is 5.32 Å². The van der Waals surface area contributed by atoms with E-state index < -0.39 is 0 Å². The fraction of sp³-hybridized carbons (Fsp3) is 0.300. The third-order valence-corrected chi connectivity index (χ3v) is 1.48. The van der Waals surface area contributed by atoms with Crippen molar-refractivity contribution in [1.29, 1.82) is 0 Å². The van der Waals surface area contributed by atoms with Crippen LogP contribution in [0.3, 0.4) is 0 Å². The van der Waals surface area contributed by atoms with Crippen LogP contribution in [0.2, 0.25) is 0 Å². The Hall–Kier alpha value is -1.31. The summed E-state index contributed by atoms with van der Waals surface area (Å²) in [4.78, 5) is 9.88. The van der Waals surface area contributed by atoms with Crippen LogP contribution in [-0.2, 0) is 11.2 Å². The summed E-state index contributed by atoms with van der Waals surface area (Å²) in [6.07, 6.45) is 1.63.